The average Bonchev–Trinajstić information content (AvgIpc) is 3.30. The van der Waals surface area contributed by atoms with E-state index >= 15 is 0 Å². The lowest BCUT2D eigenvalue weighted by Gasteiger charge is -2.32. The van der Waals surface area contributed by atoms with Gasteiger partial charge >= 0.3 is 5.97 Å². The zero-order valence-electron chi connectivity index (χ0n) is 15.0. The minimum absolute atomic E-state index is 0.0401. The SMILES string of the molecule is CCOC(=O)C1CCCN(C(=O)CC2CSc3nc4[nH]ncc4c(=O)n32)C1. The van der Waals surface area contributed by atoms with Crippen LogP contribution in [0.5, 0.6) is 0 Å². The minimum Gasteiger partial charge on any atom is -0.466 e. The molecule has 0 aliphatic carbocycles. The second kappa shape index (κ2) is 7.34. The summed E-state index contributed by atoms with van der Waals surface area (Å²) in [5, 5.41) is 7.63. The largest absolute Gasteiger partial charge is 0.466 e. The molecule has 2 aromatic heterocycles. The van der Waals surface area contributed by atoms with Crippen molar-refractivity contribution in [1.29, 1.82) is 0 Å². The maximum absolute atomic E-state index is 12.8. The van der Waals surface area contributed by atoms with Gasteiger partial charge in [-0.1, -0.05) is 11.8 Å². The zero-order valence-corrected chi connectivity index (χ0v) is 15.8. The molecule has 1 N–H and O–H groups in total. The Hall–Kier alpha value is -2.36. The lowest BCUT2D eigenvalue weighted by Crippen LogP contribution is -2.43. The Balaban J connectivity index is 1.48. The first-order valence-electron chi connectivity index (χ1n) is 9.11. The zero-order chi connectivity index (χ0) is 19.0. The molecule has 10 heteroatoms. The first-order chi connectivity index (χ1) is 13.1. The fourth-order valence-electron chi connectivity index (χ4n) is 3.69. The second-order valence-corrected chi connectivity index (χ2v) is 7.79. The van der Waals surface area contributed by atoms with Crippen LogP contribution in [0.25, 0.3) is 11.0 Å². The summed E-state index contributed by atoms with van der Waals surface area (Å²) in [6, 6.07) is -0.236. The molecule has 27 heavy (non-hydrogen) atoms. The molecule has 2 aliphatic heterocycles. The highest BCUT2D eigenvalue weighted by molar-refractivity contribution is 7.99. The molecule has 2 unspecified atom stereocenters. The lowest BCUT2D eigenvalue weighted by molar-refractivity contribution is -0.151. The van der Waals surface area contributed by atoms with Crippen LogP contribution < -0.4 is 5.56 Å². The van der Waals surface area contributed by atoms with Crippen LogP contribution in [0.3, 0.4) is 0 Å². The fraction of sp³-hybridized carbons (Fsp3) is 0.588. The van der Waals surface area contributed by atoms with E-state index in [1.54, 1.807) is 16.4 Å². The Morgan fingerprint density at radius 1 is 1.44 bits per heavy atom. The van der Waals surface area contributed by atoms with E-state index in [2.05, 4.69) is 15.2 Å². The summed E-state index contributed by atoms with van der Waals surface area (Å²) in [5.74, 6) is 0.0902. The van der Waals surface area contributed by atoms with Crippen LogP contribution in [0, 0.1) is 5.92 Å². The van der Waals surface area contributed by atoms with Crippen molar-refractivity contribution in [2.24, 2.45) is 5.92 Å². The quantitative estimate of drug-likeness (QED) is 0.610. The number of thioether (sulfide) groups is 1. The van der Waals surface area contributed by atoms with Gasteiger partial charge in [0.1, 0.15) is 5.39 Å². The molecule has 0 bridgehead atoms. The predicted octanol–water partition coefficient (Wildman–Crippen LogP) is 0.958. The number of hydrogen-bond acceptors (Lipinski definition) is 7. The van der Waals surface area contributed by atoms with Gasteiger partial charge in [0.2, 0.25) is 5.91 Å². The van der Waals surface area contributed by atoms with Gasteiger partial charge < -0.3 is 9.64 Å². The number of nitrogens with one attached hydrogen (secondary N) is 1. The molecule has 0 spiro atoms. The highest BCUT2D eigenvalue weighted by atomic mass is 32.2. The van der Waals surface area contributed by atoms with Crippen LogP contribution in [0.4, 0.5) is 0 Å². The Kier molecular flexibility index (Phi) is 4.90. The first kappa shape index (κ1) is 18.0. The number of fused-ring (bicyclic) bond motifs is 2. The van der Waals surface area contributed by atoms with E-state index in [1.165, 1.54) is 18.0 Å². The van der Waals surface area contributed by atoms with E-state index in [0.29, 0.717) is 41.6 Å². The number of amides is 1. The third kappa shape index (κ3) is 3.33. The number of ether oxygens (including phenoxy) is 1. The van der Waals surface area contributed by atoms with Crippen molar-refractivity contribution in [3.63, 3.8) is 0 Å². The number of H-pyrrole nitrogens is 1. The van der Waals surface area contributed by atoms with E-state index in [-0.39, 0.29) is 35.8 Å². The summed E-state index contributed by atoms with van der Waals surface area (Å²) in [6.07, 6.45) is 3.21. The van der Waals surface area contributed by atoms with Crippen LogP contribution in [-0.4, -0.2) is 62.0 Å². The van der Waals surface area contributed by atoms with Gasteiger partial charge in [0, 0.05) is 25.3 Å². The number of esters is 1. The number of aromatic nitrogens is 4. The van der Waals surface area contributed by atoms with Gasteiger partial charge in [-0.25, -0.2) is 4.98 Å². The molecule has 1 amide bonds. The smallest absolute Gasteiger partial charge is 0.310 e. The predicted molar refractivity (Wildman–Crippen MR) is 98.5 cm³/mol. The van der Waals surface area contributed by atoms with Gasteiger partial charge in [-0.2, -0.15) is 5.10 Å². The van der Waals surface area contributed by atoms with E-state index in [9.17, 15) is 14.4 Å². The number of piperidine rings is 1. The highest BCUT2D eigenvalue weighted by Gasteiger charge is 2.33. The van der Waals surface area contributed by atoms with Crippen molar-refractivity contribution in [3.8, 4) is 0 Å². The molecule has 2 atom stereocenters. The maximum Gasteiger partial charge on any atom is 0.310 e. The molecule has 1 saturated heterocycles. The van der Waals surface area contributed by atoms with Crippen LogP contribution in [0.2, 0.25) is 0 Å². The summed E-state index contributed by atoms with van der Waals surface area (Å²) < 4.78 is 6.70. The molecular formula is C17H21N5O4S. The van der Waals surface area contributed by atoms with Crippen LogP contribution >= 0.6 is 11.8 Å². The molecule has 2 aliphatic rings. The topological polar surface area (TPSA) is 110 Å². The first-order valence-corrected chi connectivity index (χ1v) is 10.1. The molecule has 0 saturated carbocycles. The molecule has 0 radical (unpaired) electrons. The molecular weight excluding hydrogens is 370 g/mol. The number of aromatic amines is 1. The monoisotopic (exact) mass is 391 g/mol. The third-order valence-electron chi connectivity index (χ3n) is 5.06. The number of rotatable bonds is 4. The summed E-state index contributed by atoms with van der Waals surface area (Å²) in [4.78, 5) is 43.7. The van der Waals surface area contributed by atoms with Crippen molar-refractivity contribution in [2.45, 2.75) is 37.4 Å². The Bertz CT molecular complexity index is 939. The van der Waals surface area contributed by atoms with Gasteiger partial charge in [0.15, 0.2) is 10.8 Å². The van der Waals surface area contributed by atoms with Crippen molar-refractivity contribution in [1.82, 2.24) is 24.6 Å². The molecule has 9 nitrogen and oxygen atoms in total. The van der Waals surface area contributed by atoms with Crippen molar-refractivity contribution >= 4 is 34.7 Å². The number of carbonyl (C=O) groups excluding carboxylic acids is 2. The van der Waals surface area contributed by atoms with E-state index in [1.807, 2.05) is 0 Å². The van der Waals surface area contributed by atoms with Gasteiger partial charge in [-0.05, 0) is 19.8 Å². The van der Waals surface area contributed by atoms with Gasteiger partial charge in [-0.3, -0.25) is 24.0 Å². The fourth-order valence-corrected chi connectivity index (χ4v) is 4.83. The Morgan fingerprint density at radius 3 is 3.11 bits per heavy atom. The van der Waals surface area contributed by atoms with E-state index in [0.717, 1.165) is 12.8 Å². The van der Waals surface area contributed by atoms with Crippen LogP contribution in [0.1, 0.15) is 32.2 Å². The number of carbonyl (C=O) groups is 2. The molecule has 4 heterocycles. The van der Waals surface area contributed by atoms with Crippen LogP contribution in [-0.2, 0) is 14.3 Å². The number of nitrogens with zero attached hydrogens (tertiary/aromatic N) is 4. The van der Waals surface area contributed by atoms with Gasteiger partial charge in [-0.15, -0.1) is 0 Å². The van der Waals surface area contributed by atoms with E-state index in [4.69, 9.17) is 4.74 Å². The van der Waals surface area contributed by atoms with Crippen molar-refractivity contribution < 1.29 is 14.3 Å². The molecule has 1 fully saturated rings. The summed E-state index contributed by atoms with van der Waals surface area (Å²) >= 11 is 1.47. The molecule has 2 aromatic rings. The lowest BCUT2D eigenvalue weighted by atomic mass is 9.97. The third-order valence-corrected chi connectivity index (χ3v) is 6.15. The number of likely N-dealkylation sites (tertiary alicyclic amines) is 1. The normalized spacial score (nSPS) is 22.0. The van der Waals surface area contributed by atoms with Gasteiger partial charge in [0.25, 0.3) is 5.56 Å². The standard InChI is InChI=1S/C17H21N5O4S/c1-2-26-16(25)10-4-3-5-21(8-10)13(23)6-11-9-27-17-19-14-12(7-18-20-14)15(24)22(11)17/h7,10-11H,2-6,8-9H2,1H3,(H,18,20). The average molecular weight is 391 g/mol. The van der Waals surface area contributed by atoms with E-state index < -0.39 is 0 Å². The minimum atomic E-state index is -0.261. The Morgan fingerprint density at radius 2 is 2.30 bits per heavy atom. The molecule has 0 aromatic carbocycles. The Labute approximate surface area is 159 Å². The second-order valence-electron chi connectivity index (χ2n) is 6.80. The molecule has 144 valence electrons. The number of hydrogen-bond donors (Lipinski definition) is 1. The maximum atomic E-state index is 12.8. The van der Waals surface area contributed by atoms with Crippen molar-refractivity contribution in [3.05, 3.63) is 16.6 Å². The van der Waals surface area contributed by atoms with Crippen LogP contribution in [0.15, 0.2) is 16.1 Å². The summed E-state index contributed by atoms with van der Waals surface area (Å²) in [7, 11) is 0. The highest BCUT2D eigenvalue weighted by Crippen LogP contribution is 2.33. The van der Waals surface area contributed by atoms with Gasteiger partial charge in [0.05, 0.1) is 24.8 Å². The summed E-state index contributed by atoms with van der Waals surface area (Å²) in [5.41, 5.74) is 0.300. The summed E-state index contributed by atoms with van der Waals surface area (Å²) in [6.45, 7) is 3.15. The molecule has 4 rings (SSSR count). The van der Waals surface area contributed by atoms with Crippen molar-refractivity contribution in [2.75, 3.05) is 25.4 Å².